The van der Waals surface area contributed by atoms with E-state index in [1.54, 1.807) is 23.1 Å². The van der Waals surface area contributed by atoms with E-state index in [-0.39, 0.29) is 17.1 Å². The molecule has 0 spiro atoms. The van der Waals surface area contributed by atoms with E-state index in [1.165, 1.54) is 0 Å². The molecular formula is C26H29ClN2O4. The van der Waals surface area contributed by atoms with Crippen LogP contribution in [-0.2, 0) is 0 Å². The quantitative estimate of drug-likeness (QED) is 0.408. The molecule has 3 aromatic rings. The predicted molar refractivity (Wildman–Crippen MR) is 130 cm³/mol. The van der Waals surface area contributed by atoms with Crippen LogP contribution in [0.1, 0.15) is 53.9 Å². The number of carbonyl (C=O) groups is 1. The molecule has 0 saturated carbocycles. The van der Waals surface area contributed by atoms with E-state index in [0.29, 0.717) is 41.3 Å². The number of carbonyl (C=O) groups excluding carboxylic acids is 1. The lowest BCUT2D eigenvalue weighted by molar-refractivity contribution is 0.0716. The molecule has 0 N–H and O–H groups in total. The molecule has 0 bridgehead atoms. The van der Waals surface area contributed by atoms with Gasteiger partial charge in [0.05, 0.1) is 23.6 Å². The van der Waals surface area contributed by atoms with Gasteiger partial charge in [0, 0.05) is 18.1 Å². The summed E-state index contributed by atoms with van der Waals surface area (Å²) < 4.78 is 11.9. The SMILES string of the molecule is CCCCCOc1cccc(C2c3c(oc4ccc(Cl)cc4c3=O)C(=O)N2CCN(C)C)c1. The molecule has 1 atom stereocenters. The van der Waals surface area contributed by atoms with Gasteiger partial charge in [-0.2, -0.15) is 0 Å². The van der Waals surface area contributed by atoms with E-state index < -0.39 is 6.04 Å². The Balaban J connectivity index is 1.80. The molecule has 1 aromatic heterocycles. The van der Waals surface area contributed by atoms with Gasteiger partial charge in [0.25, 0.3) is 5.91 Å². The second-order valence-corrected chi connectivity index (χ2v) is 9.08. The topological polar surface area (TPSA) is 63.0 Å². The molecule has 1 unspecified atom stereocenters. The fourth-order valence-corrected chi connectivity index (χ4v) is 4.37. The summed E-state index contributed by atoms with van der Waals surface area (Å²) in [5.74, 6) is 0.554. The largest absolute Gasteiger partial charge is 0.494 e. The maximum absolute atomic E-state index is 13.6. The molecular weight excluding hydrogens is 440 g/mol. The van der Waals surface area contributed by atoms with Crippen LogP contribution in [0.2, 0.25) is 5.02 Å². The summed E-state index contributed by atoms with van der Waals surface area (Å²) in [7, 11) is 3.90. The van der Waals surface area contributed by atoms with E-state index in [0.717, 1.165) is 30.6 Å². The van der Waals surface area contributed by atoms with Gasteiger partial charge in [0.15, 0.2) is 5.43 Å². The lowest BCUT2D eigenvalue weighted by Crippen LogP contribution is -2.35. The van der Waals surface area contributed by atoms with Crippen LogP contribution in [0.5, 0.6) is 5.75 Å². The van der Waals surface area contributed by atoms with Crippen molar-refractivity contribution < 1.29 is 13.9 Å². The molecule has 2 aromatic carbocycles. The van der Waals surface area contributed by atoms with Crippen LogP contribution in [-0.4, -0.2) is 49.5 Å². The maximum atomic E-state index is 13.6. The number of unbranched alkanes of at least 4 members (excludes halogenated alkanes) is 2. The van der Waals surface area contributed by atoms with Crippen molar-refractivity contribution in [3.63, 3.8) is 0 Å². The standard InChI is InChI=1S/C26H29ClN2O4/c1-4-5-6-14-32-19-9-7-8-17(15-19)23-22-24(30)20-16-18(27)10-11-21(20)33-25(22)26(31)29(23)13-12-28(2)3/h7-11,15-16,23H,4-6,12-14H2,1-3H3. The average Bonchev–Trinajstić information content (AvgIpc) is 3.08. The Labute approximate surface area is 198 Å². The molecule has 0 fully saturated rings. The molecule has 1 aliphatic rings. The zero-order chi connectivity index (χ0) is 23.5. The van der Waals surface area contributed by atoms with Crippen LogP contribution in [0.3, 0.4) is 0 Å². The third-order valence-electron chi connectivity index (χ3n) is 5.91. The summed E-state index contributed by atoms with van der Waals surface area (Å²) in [6, 6.07) is 12.0. The zero-order valence-electron chi connectivity index (χ0n) is 19.3. The van der Waals surface area contributed by atoms with Crippen molar-refractivity contribution in [3.05, 3.63) is 74.6 Å². The van der Waals surface area contributed by atoms with E-state index >= 15 is 0 Å². The smallest absolute Gasteiger partial charge is 0.290 e. The predicted octanol–water partition coefficient (Wildman–Crippen LogP) is 5.12. The van der Waals surface area contributed by atoms with Crippen molar-refractivity contribution in [3.8, 4) is 5.75 Å². The molecule has 33 heavy (non-hydrogen) atoms. The lowest BCUT2D eigenvalue weighted by Gasteiger charge is -2.26. The second kappa shape index (κ2) is 9.98. The molecule has 4 rings (SSSR count). The van der Waals surface area contributed by atoms with E-state index in [1.807, 2.05) is 43.3 Å². The van der Waals surface area contributed by atoms with Gasteiger partial charge in [0.2, 0.25) is 5.76 Å². The van der Waals surface area contributed by atoms with E-state index in [2.05, 4.69) is 6.92 Å². The number of benzene rings is 2. The van der Waals surface area contributed by atoms with Crippen LogP contribution in [0, 0.1) is 0 Å². The summed E-state index contributed by atoms with van der Waals surface area (Å²) in [5, 5.41) is 0.822. The number of rotatable bonds is 9. The van der Waals surface area contributed by atoms with Gasteiger partial charge >= 0.3 is 0 Å². The Kier molecular flexibility index (Phi) is 7.05. The Bertz CT molecular complexity index is 1220. The summed E-state index contributed by atoms with van der Waals surface area (Å²) >= 11 is 6.15. The van der Waals surface area contributed by atoms with Crippen molar-refractivity contribution in [1.29, 1.82) is 0 Å². The van der Waals surface area contributed by atoms with Gasteiger partial charge < -0.3 is 19.0 Å². The Morgan fingerprint density at radius 2 is 1.94 bits per heavy atom. The first kappa shape index (κ1) is 23.3. The van der Waals surface area contributed by atoms with Crippen molar-refractivity contribution in [2.45, 2.75) is 32.2 Å². The van der Waals surface area contributed by atoms with Crippen molar-refractivity contribution in [1.82, 2.24) is 9.80 Å². The minimum Gasteiger partial charge on any atom is -0.494 e. The molecule has 0 radical (unpaired) electrons. The Morgan fingerprint density at radius 1 is 1.12 bits per heavy atom. The maximum Gasteiger partial charge on any atom is 0.290 e. The number of halogens is 1. The molecule has 174 valence electrons. The van der Waals surface area contributed by atoms with Gasteiger partial charge in [-0.05, 0) is 56.4 Å². The van der Waals surface area contributed by atoms with Crippen molar-refractivity contribution >= 4 is 28.5 Å². The first-order valence-electron chi connectivity index (χ1n) is 11.4. The fourth-order valence-electron chi connectivity index (χ4n) is 4.19. The molecule has 1 amide bonds. The highest BCUT2D eigenvalue weighted by Gasteiger charge is 2.42. The number of likely N-dealkylation sites (N-methyl/N-ethyl adjacent to an activating group) is 1. The van der Waals surface area contributed by atoms with Crippen LogP contribution < -0.4 is 10.2 Å². The van der Waals surface area contributed by atoms with Gasteiger partial charge in [-0.15, -0.1) is 0 Å². The normalized spacial score (nSPS) is 15.5. The Hall–Kier alpha value is -2.83. The first-order valence-corrected chi connectivity index (χ1v) is 11.7. The summed E-state index contributed by atoms with van der Waals surface area (Å²) in [6.07, 6.45) is 3.22. The van der Waals surface area contributed by atoms with Crippen molar-refractivity contribution in [2.75, 3.05) is 33.8 Å². The summed E-state index contributed by atoms with van der Waals surface area (Å²) in [5.41, 5.74) is 1.31. The lowest BCUT2D eigenvalue weighted by atomic mass is 9.98. The van der Waals surface area contributed by atoms with E-state index in [4.69, 9.17) is 20.8 Å². The van der Waals surface area contributed by atoms with E-state index in [9.17, 15) is 9.59 Å². The minimum absolute atomic E-state index is 0.104. The minimum atomic E-state index is -0.550. The number of hydrogen-bond acceptors (Lipinski definition) is 5. The highest BCUT2D eigenvalue weighted by molar-refractivity contribution is 6.31. The summed E-state index contributed by atoms with van der Waals surface area (Å²) in [4.78, 5) is 30.7. The molecule has 6 nitrogen and oxygen atoms in total. The number of ether oxygens (including phenoxy) is 1. The number of amides is 1. The third-order valence-corrected chi connectivity index (χ3v) is 6.14. The van der Waals surface area contributed by atoms with Crippen LogP contribution in [0.15, 0.2) is 51.7 Å². The number of hydrogen-bond donors (Lipinski definition) is 0. The number of nitrogens with zero attached hydrogens (tertiary/aromatic N) is 2. The highest BCUT2D eigenvalue weighted by atomic mass is 35.5. The monoisotopic (exact) mass is 468 g/mol. The highest BCUT2D eigenvalue weighted by Crippen LogP contribution is 2.39. The molecule has 2 heterocycles. The molecule has 0 aliphatic carbocycles. The third kappa shape index (κ3) is 4.77. The number of fused-ring (bicyclic) bond motifs is 2. The molecule has 1 aliphatic heterocycles. The van der Waals surface area contributed by atoms with Gasteiger partial charge in [-0.25, -0.2) is 0 Å². The van der Waals surface area contributed by atoms with Crippen molar-refractivity contribution in [2.24, 2.45) is 0 Å². The van der Waals surface area contributed by atoms with Gasteiger partial charge in [-0.1, -0.05) is 43.5 Å². The molecule has 0 saturated heterocycles. The Morgan fingerprint density at radius 3 is 2.70 bits per heavy atom. The van der Waals surface area contributed by atoms with Gasteiger partial charge in [-0.3, -0.25) is 9.59 Å². The van der Waals surface area contributed by atoms with Crippen LogP contribution >= 0.6 is 11.6 Å². The van der Waals surface area contributed by atoms with Gasteiger partial charge in [0.1, 0.15) is 11.3 Å². The summed E-state index contributed by atoms with van der Waals surface area (Å²) in [6.45, 7) is 3.90. The second-order valence-electron chi connectivity index (χ2n) is 8.65. The van der Waals surface area contributed by atoms with Crippen LogP contribution in [0.25, 0.3) is 11.0 Å². The first-order chi connectivity index (χ1) is 15.9. The zero-order valence-corrected chi connectivity index (χ0v) is 20.0. The average molecular weight is 469 g/mol. The molecule has 7 heteroatoms. The fraction of sp³-hybridized carbons (Fsp3) is 0.385. The van der Waals surface area contributed by atoms with Crippen LogP contribution in [0.4, 0.5) is 0 Å².